The topological polar surface area (TPSA) is 54.4 Å². The highest BCUT2D eigenvalue weighted by atomic mass is 32.1. The van der Waals surface area contributed by atoms with Crippen LogP contribution in [-0.2, 0) is 6.54 Å². The van der Waals surface area contributed by atoms with Gasteiger partial charge in [-0.3, -0.25) is 0 Å². The van der Waals surface area contributed by atoms with Crippen LogP contribution in [0.3, 0.4) is 0 Å². The second kappa shape index (κ2) is 7.54. The number of aromatic nitrogens is 1. The number of nitrogens with zero attached hydrogens (tertiary/aromatic N) is 1. The summed E-state index contributed by atoms with van der Waals surface area (Å²) in [6.07, 6.45) is 0. The number of methoxy groups -OCH3 is 1. The molecule has 0 aliphatic carbocycles. The Kier molecular flexibility index (Phi) is 5.73. The number of hydrogen-bond acceptors (Lipinski definition) is 5. The lowest BCUT2D eigenvalue weighted by molar-refractivity contribution is 0.243. The molecular formula is C16H22N2O2S. The first kappa shape index (κ1) is 15.9. The van der Waals surface area contributed by atoms with Crippen LogP contribution in [0, 0.1) is 0 Å². The summed E-state index contributed by atoms with van der Waals surface area (Å²) in [6, 6.07) is 7.63. The van der Waals surface area contributed by atoms with Crippen molar-refractivity contribution in [2.45, 2.75) is 32.4 Å². The predicted molar refractivity (Wildman–Crippen MR) is 85.9 cm³/mol. The molecule has 4 nitrogen and oxygen atoms in total. The SMILES string of the molecule is COc1cccc(C(CO)NCc2csc(C(C)C)n2)c1. The number of thiazole rings is 1. The fraction of sp³-hybridized carbons (Fsp3) is 0.438. The van der Waals surface area contributed by atoms with Crippen LogP contribution in [0.25, 0.3) is 0 Å². The average Bonchev–Trinajstić information content (AvgIpc) is 2.97. The van der Waals surface area contributed by atoms with Gasteiger partial charge in [-0.2, -0.15) is 0 Å². The maximum atomic E-state index is 9.59. The fourth-order valence-corrected chi connectivity index (χ4v) is 2.88. The minimum absolute atomic E-state index is 0.0361. The van der Waals surface area contributed by atoms with Crippen LogP contribution in [0.5, 0.6) is 5.75 Å². The smallest absolute Gasteiger partial charge is 0.119 e. The van der Waals surface area contributed by atoms with E-state index in [1.165, 1.54) is 0 Å². The summed E-state index contributed by atoms with van der Waals surface area (Å²) in [7, 11) is 1.64. The molecule has 1 unspecified atom stereocenters. The number of aliphatic hydroxyl groups excluding tert-OH is 1. The molecule has 0 spiro atoms. The van der Waals surface area contributed by atoms with Crippen molar-refractivity contribution in [2.75, 3.05) is 13.7 Å². The number of rotatable bonds is 7. The Balaban J connectivity index is 2.01. The lowest BCUT2D eigenvalue weighted by atomic mass is 10.1. The van der Waals surface area contributed by atoms with Crippen molar-refractivity contribution < 1.29 is 9.84 Å². The monoisotopic (exact) mass is 306 g/mol. The Morgan fingerprint density at radius 3 is 2.81 bits per heavy atom. The van der Waals surface area contributed by atoms with Gasteiger partial charge in [0, 0.05) is 17.8 Å². The standard InChI is InChI=1S/C16H22N2O2S/c1-11(2)16-18-13(10-21-16)8-17-15(9-19)12-5-4-6-14(7-12)20-3/h4-7,10-11,15,17,19H,8-9H2,1-3H3. The first-order chi connectivity index (χ1) is 10.1. The van der Waals surface area contributed by atoms with Gasteiger partial charge in [-0.05, 0) is 17.7 Å². The summed E-state index contributed by atoms with van der Waals surface area (Å²) >= 11 is 1.69. The summed E-state index contributed by atoms with van der Waals surface area (Å²) in [5, 5.41) is 16.2. The zero-order valence-electron chi connectivity index (χ0n) is 12.7. The maximum Gasteiger partial charge on any atom is 0.119 e. The molecule has 21 heavy (non-hydrogen) atoms. The molecule has 114 valence electrons. The Hall–Kier alpha value is -1.43. The maximum absolute atomic E-state index is 9.59. The molecule has 5 heteroatoms. The van der Waals surface area contributed by atoms with Crippen molar-refractivity contribution in [1.29, 1.82) is 0 Å². The second-order valence-corrected chi connectivity index (χ2v) is 6.11. The van der Waals surface area contributed by atoms with Crippen molar-refractivity contribution >= 4 is 11.3 Å². The van der Waals surface area contributed by atoms with Gasteiger partial charge in [0.05, 0.1) is 30.5 Å². The van der Waals surface area contributed by atoms with Gasteiger partial charge in [-0.1, -0.05) is 26.0 Å². The van der Waals surface area contributed by atoms with Crippen molar-refractivity contribution in [3.8, 4) is 5.75 Å². The molecular weight excluding hydrogens is 284 g/mol. The molecule has 0 saturated carbocycles. The summed E-state index contributed by atoms with van der Waals surface area (Å²) in [5.74, 6) is 1.25. The largest absolute Gasteiger partial charge is 0.497 e. The van der Waals surface area contributed by atoms with E-state index in [9.17, 15) is 5.11 Å². The van der Waals surface area contributed by atoms with Gasteiger partial charge in [0.1, 0.15) is 5.75 Å². The Labute approximate surface area is 129 Å². The molecule has 0 radical (unpaired) electrons. The highest BCUT2D eigenvalue weighted by Gasteiger charge is 2.12. The van der Waals surface area contributed by atoms with Crippen molar-refractivity contribution in [1.82, 2.24) is 10.3 Å². The molecule has 1 aromatic carbocycles. The fourth-order valence-electron chi connectivity index (χ4n) is 2.04. The third-order valence-corrected chi connectivity index (χ3v) is 4.47. The van der Waals surface area contributed by atoms with Crippen LogP contribution >= 0.6 is 11.3 Å². The van der Waals surface area contributed by atoms with Gasteiger partial charge in [0.15, 0.2) is 0 Å². The molecule has 0 fully saturated rings. The molecule has 2 aromatic rings. The lowest BCUT2D eigenvalue weighted by Gasteiger charge is -2.16. The average molecular weight is 306 g/mol. The van der Waals surface area contributed by atoms with E-state index in [0.717, 1.165) is 22.0 Å². The lowest BCUT2D eigenvalue weighted by Crippen LogP contribution is -2.24. The van der Waals surface area contributed by atoms with Crippen molar-refractivity contribution in [3.05, 3.63) is 45.9 Å². The molecule has 0 aliphatic rings. The van der Waals surface area contributed by atoms with Crippen LogP contribution in [0.15, 0.2) is 29.6 Å². The first-order valence-corrected chi connectivity index (χ1v) is 7.94. The van der Waals surface area contributed by atoms with Crippen LogP contribution in [-0.4, -0.2) is 23.8 Å². The van der Waals surface area contributed by atoms with Gasteiger partial charge >= 0.3 is 0 Å². The van der Waals surface area contributed by atoms with E-state index in [-0.39, 0.29) is 12.6 Å². The van der Waals surface area contributed by atoms with Gasteiger partial charge in [0.25, 0.3) is 0 Å². The van der Waals surface area contributed by atoms with Gasteiger partial charge in [0.2, 0.25) is 0 Å². The van der Waals surface area contributed by atoms with Crippen LogP contribution in [0.2, 0.25) is 0 Å². The Bertz CT molecular complexity index is 569. The number of ether oxygens (including phenoxy) is 1. The van der Waals surface area contributed by atoms with Crippen molar-refractivity contribution in [3.63, 3.8) is 0 Å². The third-order valence-electron chi connectivity index (χ3n) is 3.27. The molecule has 0 amide bonds. The molecule has 1 aromatic heterocycles. The van der Waals surface area contributed by atoms with Gasteiger partial charge in [-0.25, -0.2) is 4.98 Å². The molecule has 0 aliphatic heterocycles. The number of benzene rings is 1. The predicted octanol–water partition coefficient (Wildman–Crippen LogP) is 3.10. The Morgan fingerprint density at radius 2 is 2.19 bits per heavy atom. The van der Waals surface area contributed by atoms with E-state index >= 15 is 0 Å². The molecule has 1 atom stereocenters. The summed E-state index contributed by atoms with van der Waals surface area (Å²) < 4.78 is 5.22. The van der Waals surface area contributed by atoms with Gasteiger partial charge < -0.3 is 15.2 Å². The van der Waals surface area contributed by atoms with E-state index in [1.807, 2.05) is 24.3 Å². The molecule has 1 heterocycles. The summed E-state index contributed by atoms with van der Waals surface area (Å²) in [5.41, 5.74) is 2.03. The minimum Gasteiger partial charge on any atom is -0.497 e. The summed E-state index contributed by atoms with van der Waals surface area (Å²) in [4.78, 5) is 4.59. The quantitative estimate of drug-likeness (QED) is 0.825. The van der Waals surface area contributed by atoms with Crippen LogP contribution < -0.4 is 10.1 Å². The molecule has 0 saturated heterocycles. The molecule has 2 rings (SSSR count). The first-order valence-electron chi connectivity index (χ1n) is 7.06. The van der Waals surface area contributed by atoms with E-state index in [2.05, 4.69) is 29.5 Å². The Morgan fingerprint density at radius 1 is 1.38 bits per heavy atom. The minimum atomic E-state index is -0.121. The van der Waals surface area contributed by atoms with Crippen molar-refractivity contribution in [2.24, 2.45) is 0 Å². The van der Waals surface area contributed by atoms with Crippen LogP contribution in [0.1, 0.15) is 42.1 Å². The number of aliphatic hydroxyl groups is 1. The zero-order valence-corrected chi connectivity index (χ0v) is 13.5. The highest BCUT2D eigenvalue weighted by Crippen LogP contribution is 2.21. The molecule has 2 N–H and O–H groups in total. The summed E-state index contributed by atoms with van der Waals surface area (Å²) in [6.45, 7) is 4.96. The zero-order chi connectivity index (χ0) is 15.2. The highest BCUT2D eigenvalue weighted by molar-refractivity contribution is 7.09. The second-order valence-electron chi connectivity index (χ2n) is 5.22. The van der Waals surface area contributed by atoms with E-state index < -0.39 is 0 Å². The molecule has 0 bridgehead atoms. The third kappa shape index (κ3) is 4.27. The number of nitrogens with one attached hydrogen (secondary N) is 1. The van der Waals surface area contributed by atoms with Crippen LogP contribution in [0.4, 0.5) is 0 Å². The van der Waals surface area contributed by atoms with E-state index in [0.29, 0.717) is 12.5 Å². The van der Waals surface area contributed by atoms with E-state index in [1.54, 1.807) is 18.4 Å². The number of hydrogen-bond donors (Lipinski definition) is 2. The van der Waals surface area contributed by atoms with Gasteiger partial charge in [-0.15, -0.1) is 11.3 Å². The normalized spacial score (nSPS) is 12.6. The van der Waals surface area contributed by atoms with E-state index in [4.69, 9.17) is 4.74 Å².